The highest BCUT2D eigenvalue weighted by Gasteiger charge is 2.56. The van der Waals surface area contributed by atoms with Crippen molar-refractivity contribution >= 4 is 6.29 Å². The van der Waals surface area contributed by atoms with E-state index in [0.717, 1.165) is 6.42 Å². The minimum Gasteiger partial charge on any atom is -0.303 e. The molecule has 0 fully saturated rings. The van der Waals surface area contributed by atoms with Crippen LogP contribution in [-0.4, -0.2) is 6.29 Å². The fourth-order valence-electron chi connectivity index (χ4n) is 4.53. The zero-order valence-electron chi connectivity index (χ0n) is 20.7. The van der Waals surface area contributed by atoms with Crippen LogP contribution in [0.15, 0.2) is 30.3 Å². The Bertz CT molecular complexity index is 734. The van der Waals surface area contributed by atoms with Gasteiger partial charge in [0.15, 0.2) is 0 Å². The van der Waals surface area contributed by atoms with E-state index < -0.39 is 10.8 Å². The second-order valence-corrected chi connectivity index (χ2v) is 11.7. The lowest BCUT2D eigenvalue weighted by Gasteiger charge is -2.57. The number of nitriles is 1. The number of carbonyl (C=O) groups excluding carboxylic acids is 1. The summed E-state index contributed by atoms with van der Waals surface area (Å²) in [4.78, 5) is 12.4. The maximum Gasteiger partial charge on any atom is 0.126 e. The Balaban J connectivity index is 3.66. The molecule has 2 heteroatoms. The largest absolute Gasteiger partial charge is 0.303 e. The molecule has 2 atom stereocenters. The van der Waals surface area contributed by atoms with Gasteiger partial charge < -0.3 is 4.79 Å². The minimum absolute atomic E-state index is 0.183. The quantitative estimate of drug-likeness (QED) is 0.401. The van der Waals surface area contributed by atoms with Crippen molar-refractivity contribution < 1.29 is 4.79 Å². The molecule has 29 heavy (non-hydrogen) atoms. The molecule has 0 saturated carbocycles. The molecule has 0 bridgehead atoms. The first-order valence-electron chi connectivity index (χ1n) is 10.9. The van der Waals surface area contributed by atoms with Crippen molar-refractivity contribution in [1.82, 2.24) is 0 Å². The van der Waals surface area contributed by atoms with Gasteiger partial charge >= 0.3 is 0 Å². The molecule has 0 aliphatic rings. The summed E-state index contributed by atoms with van der Waals surface area (Å²) in [6, 6.07) is 13.2. The zero-order valence-corrected chi connectivity index (χ0v) is 20.7. The second kappa shape index (κ2) is 8.25. The lowest BCUT2D eigenvalue weighted by molar-refractivity contribution is -0.137. The molecule has 0 N–H and O–H groups in total. The molecule has 0 aromatic heterocycles. The summed E-state index contributed by atoms with van der Waals surface area (Å²) in [7, 11) is 0. The van der Waals surface area contributed by atoms with Gasteiger partial charge in [-0.15, -0.1) is 0 Å². The summed E-state index contributed by atoms with van der Waals surface area (Å²) in [6.07, 6.45) is 2.05. The molecule has 0 amide bonds. The van der Waals surface area contributed by atoms with Crippen molar-refractivity contribution in [3.8, 4) is 6.07 Å². The molecule has 1 aromatic rings. The van der Waals surface area contributed by atoms with Gasteiger partial charge in [-0.05, 0) is 53.9 Å². The predicted molar refractivity (Wildman–Crippen MR) is 124 cm³/mol. The molecule has 0 spiro atoms. The molecular weight excluding hydrogens is 354 g/mol. The first-order valence-corrected chi connectivity index (χ1v) is 10.9. The van der Waals surface area contributed by atoms with Crippen LogP contribution < -0.4 is 0 Å². The van der Waals surface area contributed by atoms with E-state index in [1.165, 1.54) is 11.8 Å². The Hall–Kier alpha value is -1.62. The summed E-state index contributed by atoms with van der Waals surface area (Å²) in [5.74, 6) is 0.439. The lowest BCUT2D eigenvalue weighted by atomic mass is 9.46. The van der Waals surface area contributed by atoms with Crippen molar-refractivity contribution in [2.75, 3.05) is 0 Å². The summed E-state index contributed by atoms with van der Waals surface area (Å²) in [6.45, 7) is 24.0. The highest BCUT2D eigenvalue weighted by atomic mass is 16.1. The third-order valence-electron chi connectivity index (χ3n) is 9.16. The number of aldehydes is 1. The van der Waals surface area contributed by atoms with Gasteiger partial charge in [0.2, 0.25) is 0 Å². The number of carbonyl (C=O) groups is 1. The SMILES string of the molecule is CC(C)C(C)(C=O)C(C)(C)C(C)(C)C(CC(C)(C)C(C)(C)C#N)c1ccccc1. The number of benzene rings is 1. The zero-order chi connectivity index (χ0) is 22.9. The van der Waals surface area contributed by atoms with Crippen LogP contribution in [0.3, 0.4) is 0 Å². The number of nitrogens with zero attached hydrogens (tertiary/aromatic N) is 1. The Morgan fingerprint density at radius 2 is 1.41 bits per heavy atom. The van der Waals surface area contributed by atoms with Gasteiger partial charge in [0.1, 0.15) is 6.29 Å². The van der Waals surface area contributed by atoms with Gasteiger partial charge in [-0.25, -0.2) is 0 Å². The Morgan fingerprint density at radius 3 is 1.79 bits per heavy atom. The summed E-state index contributed by atoms with van der Waals surface area (Å²) < 4.78 is 0. The van der Waals surface area contributed by atoms with Crippen LogP contribution in [0.4, 0.5) is 0 Å². The van der Waals surface area contributed by atoms with Crippen LogP contribution in [-0.2, 0) is 4.79 Å². The molecule has 1 rings (SSSR count). The predicted octanol–water partition coefficient (Wildman–Crippen LogP) is 7.65. The molecule has 0 radical (unpaired) electrons. The monoisotopic (exact) mass is 397 g/mol. The minimum atomic E-state index is -0.460. The fraction of sp³-hybridized carbons (Fsp3) is 0.704. The fourth-order valence-corrected chi connectivity index (χ4v) is 4.53. The third kappa shape index (κ3) is 4.30. The third-order valence-corrected chi connectivity index (χ3v) is 9.16. The van der Waals surface area contributed by atoms with Crippen molar-refractivity contribution in [2.45, 2.75) is 88.5 Å². The summed E-state index contributed by atoms with van der Waals surface area (Å²) in [5, 5.41) is 9.82. The summed E-state index contributed by atoms with van der Waals surface area (Å²) in [5.41, 5.74) is -0.264. The van der Waals surface area contributed by atoms with Crippen LogP contribution >= 0.6 is 0 Å². The first kappa shape index (κ1) is 25.4. The molecule has 2 nitrogen and oxygen atoms in total. The molecule has 0 aliphatic carbocycles. The van der Waals surface area contributed by atoms with Crippen LogP contribution in [0, 0.1) is 44.3 Å². The van der Waals surface area contributed by atoms with Gasteiger partial charge in [-0.2, -0.15) is 5.26 Å². The molecule has 0 aliphatic heterocycles. The average Bonchev–Trinajstić information content (AvgIpc) is 2.65. The number of hydrogen-bond donors (Lipinski definition) is 0. The van der Waals surface area contributed by atoms with E-state index >= 15 is 0 Å². The van der Waals surface area contributed by atoms with Crippen molar-refractivity contribution in [2.24, 2.45) is 33.0 Å². The van der Waals surface area contributed by atoms with Gasteiger partial charge in [-0.1, -0.05) is 92.6 Å². The molecule has 1 aromatic carbocycles. The van der Waals surface area contributed by atoms with E-state index in [-0.39, 0.29) is 28.1 Å². The van der Waals surface area contributed by atoms with Crippen LogP contribution in [0.1, 0.15) is 94.1 Å². The number of rotatable bonds is 9. The first-order chi connectivity index (χ1) is 13.0. The standard InChI is InChI=1S/C27H43NO/c1-20(2)27(11,19-29)26(9,10)25(7,8)22(21-15-13-12-14-16-21)17-23(3,4)24(5,6)18-28/h12-16,19-20,22H,17H2,1-11H3. The van der Waals surface area contributed by atoms with Gasteiger partial charge in [0.05, 0.1) is 11.5 Å². The lowest BCUT2D eigenvalue weighted by Crippen LogP contribution is -2.53. The van der Waals surface area contributed by atoms with Crippen molar-refractivity contribution in [3.63, 3.8) is 0 Å². The topological polar surface area (TPSA) is 40.9 Å². The molecule has 2 unspecified atom stereocenters. The van der Waals surface area contributed by atoms with Crippen LogP contribution in [0.5, 0.6) is 0 Å². The van der Waals surface area contributed by atoms with Gasteiger partial charge in [0, 0.05) is 5.41 Å². The maximum atomic E-state index is 12.4. The Labute approximate surface area is 180 Å². The molecule has 0 heterocycles. The molecule has 0 saturated heterocycles. The van der Waals surface area contributed by atoms with Crippen molar-refractivity contribution in [1.29, 1.82) is 5.26 Å². The Kier molecular flexibility index (Phi) is 7.23. The molecule has 162 valence electrons. The van der Waals surface area contributed by atoms with E-state index in [0.29, 0.717) is 0 Å². The van der Waals surface area contributed by atoms with E-state index in [9.17, 15) is 10.1 Å². The normalized spacial score (nSPS) is 16.8. The Morgan fingerprint density at radius 1 is 0.931 bits per heavy atom. The highest BCUT2D eigenvalue weighted by Crippen LogP contribution is 2.62. The second-order valence-electron chi connectivity index (χ2n) is 11.7. The van der Waals surface area contributed by atoms with Crippen LogP contribution in [0.2, 0.25) is 0 Å². The van der Waals surface area contributed by atoms with E-state index in [4.69, 9.17) is 0 Å². The average molecular weight is 398 g/mol. The van der Waals surface area contributed by atoms with E-state index in [1.54, 1.807) is 0 Å². The van der Waals surface area contributed by atoms with E-state index in [1.807, 2.05) is 19.9 Å². The maximum absolute atomic E-state index is 12.4. The van der Waals surface area contributed by atoms with Gasteiger partial charge in [-0.3, -0.25) is 0 Å². The smallest absolute Gasteiger partial charge is 0.126 e. The van der Waals surface area contributed by atoms with Gasteiger partial charge in [0.25, 0.3) is 0 Å². The highest BCUT2D eigenvalue weighted by molar-refractivity contribution is 5.61. The number of hydrogen-bond acceptors (Lipinski definition) is 2. The molecular formula is C27H43NO. The van der Waals surface area contributed by atoms with Crippen molar-refractivity contribution in [3.05, 3.63) is 35.9 Å². The van der Waals surface area contributed by atoms with E-state index in [2.05, 4.69) is 92.6 Å². The van der Waals surface area contributed by atoms with Crippen LogP contribution in [0.25, 0.3) is 0 Å². The summed E-state index contributed by atoms with van der Waals surface area (Å²) >= 11 is 0.